The van der Waals surface area contributed by atoms with Crippen LogP contribution >= 0.6 is 0 Å². The van der Waals surface area contributed by atoms with Crippen molar-refractivity contribution < 1.29 is 0 Å². The Bertz CT molecular complexity index is 819. The Labute approximate surface area is 124 Å². The van der Waals surface area contributed by atoms with Crippen molar-refractivity contribution in [3.8, 4) is 12.1 Å². The van der Waals surface area contributed by atoms with Gasteiger partial charge in [0.05, 0.1) is 0 Å². The van der Waals surface area contributed by atoms with Crippen LogP contribution in [0.3, 0.4) is 0 Å². The van der Waals surface area contributed by atoms with Crippen molar-refractivity contribution >= 4 is 22.5 Å². The third-order valence-electron chi connectivity index (χ3n) is 4.03. The lowest BCUT2D eigenvalue weighted by atomic mass is 9.96. The van der Waals surface area contributed by atoms with E-state index < -0.39 is 0 Å². The largest absolute Gasteiger partial charge is 0.377 e. The van der Waals surface area contributed by atoms with Crippen molar-refractivity contribution in [1.82, 2.24) is 0 Å². The molecule has 0 fully saturated rings. The summed E-state index contributed by atoms with van der Waals surface area (Å²) < 4.78 is 0. The summed E-state index contributed by atoms with van der Waals surface area (Å²) in [5, 5.41) is 20.5. The highest BCUT2D eigenvalue weighted by Gasteiger charge is 2.19. The lowest BCUT2D eigenvalue weighted by Gasteiger charge is -2.18. The zero-order valence-electron chi connectivity index (χ0n) is 12.1. The molecule has 3 rings (SSSR count). The van der Waals surface area contributed by atoms with Crippen LogP contribution < -0.4 is 4.90 Å². The van der Waals surface area contributed by atoms with Crippen LogP contribution in [-0.2, 0) is 12.8 Å². The van der Waals surface area contributed by atoms with Crippen molar-refractivity contribution in [3.63, 3.8) is 0 Å². The van der Waals surface area contributed by atoms with Crippen molar-refractivity contribution in [2.45, 2.75) is 12.8 Å². The van der Waals surface area contributed by atoms with Crippen LogP contribution in [-0.4, -0.2) is 14.1 Å². The van der Waals surface area contributed by atoms with Crippen LogP contribution in [0.2, 0.25) is 0 Å². The topological polar surface area (TPSA) is 50.8 Å². The van der Waals surface area contributed by atoms with Gasteiger partial charge in [-0.2, -0.15) is 10.5 Å². The highest BCUT2D eigenvalue weighted by molar-refractivity contribution is 6.05. The molecule has 0 aromatic heterocycles. The van der Waals surface area contributed by atoms with Crippen LogP contribution in [0.4, 0.5) is 5.69 Å². The second-order valence-corrected chi connectivity index (χ2v) is 5.48. The maximum atomic E-state index is 9.01. The normalized spacial score (nSPS) is 11.8. The van der Waals surface area contributed by atoms with Gasteiger partial charge in [0.2, 0.25) is 0 Å². The van der Waals surface area contributed by atoms with Gasteiger partial charge >= 0.3 is 0 Å². The molecular formula is C18H15N3. The molecule has 0 heterocycles. The summed E-state index contributed by atoms with van der Waals surface area (Å²) >= 11 is 0. The van der Waals surface area contributed by atoms with Gasteiger partial charge in [0.25, 0.3) is 0 Å². The van der Waals surface area contributed by atoms with Crippen LogP contribution in [0.15, 0.2) is 29.8 Å². The molecule has 2 aromatic carbocycles. The first-order chi connectivity index (χ1) is 10.2. The number of hydrogen-bond donors (Lipinski definition) is 0. The maximum absolute atomic E-state index is 9.01. The molecule has 0 unspecified atom stereocenters. The van der Waals surface area contributed by atoms with Gasteiger partial charge in [0.15, 0.2) is 0 Å². The molecule has 0 atom stereocenters. The number of rotatable bonds is 2. The number of hydrogen-bond acceptors (Lipinski definition) is 3. The summed E-state index contributed by atoms with van der Waals surface area (Å²) in [4.78, 5) is 2.08. The Balaban J connectivity index is 2.41. The number of nitriles is 2. The summed E-state index contributed by atoms with van der Waals surface area (Å²) in [6, 6.07) is 12.4. The molecule has 0 saturated carbocycles. The van der Waals surface area contributed by atoms with E-state index in [0.29, 0.717) is 0 Å². The predicted octanol–water partition coefficient (Wildman–Crippen LogP) is 3.43. The van der Waals surface area contributed by atoms with E-state index in [2.05, 4.69) is 23.1 Å². The van der Waals surface area contributed by atoms with E-state index in [-0.39, 0.29) is 5.57 Å². The smallest absolute Gasteiger partial charge is 0.130 e. The van der Waals surface area contributed by atoms with Gasteiger partial charge in [0, 0.05) is 25.2 Å². The zero-order valence-corrected chi connectivity index (χ0v) is 12.1. The molecule has 102 valence electrons. The highest BCUT2D eigenvalue weighted by atomic mass is 15.1. The number of nitrogens with zero attached hydrogens (tertiary/aromatic N) is 3. The summed E-state index contributed by atoms with van der Waals surface area (Å²) in [6.07, 6.45) is 3.82. The molecule has 1 aliphatic carbocycles. The first-order valence-corrected chi connectivity index (χ1v) is 6.92. The molecule has 2 aromatic rings. The molecule has 0 saturated heterocycles. The van der Waals surface area contributed by atoms with E-state index in [1.54, 1.807) is 6.08 Å². The number of benzene rings is 2. The van der Waals surface area contributed by atoms with E-state index in [1.165, 1.54) is 16.5 Å². The van der Waals surface area contributed by atoms with Crippen LogP contribution in [0, 0.1) is 22.7 Å². The predicted molar refractivity (Wildman–Crippen MR) is 84.9 cm³/mol. The number of allylic oxidation sites excluding steroid dienone is 1. The quantitative estimate of drug-likeness (QED) is 0.788. The zero-order chi connectivity index (χ0) is 15.0. The molecule has 0 spiro atoms. The fourth-order valence-electron chi connectivity index (χ4n) is 3.07. The Kier molecular flexibility index (Phi) is 3.12. The molecule has 21 heavy (non-hydrogen) atoms. The van der Waals surface area contributed by atoms with Crippen LogP contribution in [0.25, 0.3) is 16.8 Å². The van der Waals surface area contributed by atoms with E-state index in [9.17, 15) is 0 Å². The Morgan fingerprint density at radius 3 is 2.19 bits per heavy atom. The molecule has 0 amide bonds. The molecule has 1 aliphatic rings. The van der Waals surface area contributed by atoms with Gasteiger partial charge in [-0.15, -0.1) is 0 Å². The molecule has 0 N–H and O–H groups in total. The average Bonchev–Trinajstić information content (AvgIpc) is 2.91. The molecule has 0 aliphatic heterocycles. The first kappa shape index (κ1) is 13.2. The number of aryl methyl sites for hydroxylation is 2. The van der Waals surface area contributed by atoms with Gasteiger partial charge in [-0.05, 0) is 47.1 Å². The van der Waals surface area contributed by atoms with Gasteiger partial charge in [0.1, 0.15) is 17.7 Å². The lowest BCUT2D eigenvalue weighted by Crippen LogP contribution is -2.09. The summed E-state index contributed by atoms with van der Waals surface area (Å²) in [5.74, 6) is 0. The third-order valence-corrected chi connectivity index (χ3v) is 4.03. The fourth-order valence-corrected chi connectivity index (χ4v) is 3.07. The maximum Gasteiger partial charge on any atom is 0.130 e. The van der Waals surface area contributed by atoms with Crippen molar-refractivity contribution in [3.05, 3.63) is 46.5 Å². The summed E-state index contributed by atoms with van der Waals surface area (Å²) in [6.45, 7) is 0. The third kappa shape index (κ3) is 2.04. The van der Waals surface area contributed by atoms with E-state index in [1.807, 2.05) is 32.3 Å². The standard InChI is InChI=1S/C18H15N3/c1-21(2)16-8-7-14-4-3-13-5-6-15(18(16)17(13)14)9-12(10-19)11-20/h5-9H,3-4H2,1-2H3. The van der Waals surface area contributed by atoms with Gasteiger partial charge in [-0.3, -0.25) is 0 Å². The second-order valence-electron chi connectivity index (χ2n) is 5.48. The molecular weight excluding hydrogens is 258 g/mol. The van der Waals surface area contributed by atoms with E-state index in [0.717, 1.165) is 29.5 Å². The Morgan fingerprint density at radius 1 is 1.00 bits per heavy atom. The van der Waals surface area contributed by atoms with Gasteiger partial charge in [-0.1, -0.05) is 18.2 Å². The van der Waals surface area contributed by atoms with Crippen molar-refractivity contribution in [2.24, 2.45) is 0 Å². The van der Waals surface area contributed by atoms with Crippen molar-refractivity contribution in [1.29, 1.82) is 10.5 Å². The van der Waals surface area contributed by atoms with Gasteiger partial charge < -0.3 is 4.90 Å². The molecule has 3 heteroatoms. The SMILES string of the molecule is CN(C)c1ccc2c3c(ccc(C=C(C#N)C#N)c13)CC2. The lowest BCUT2D eigenvalue weighted by molar-refractivity contribution is 1.02. The monoisotopic (exact) mass is 273 g/mol. The first-order valence-electron chi connectivity index (χ1n) is 6.92. The van der Waals surface area contributed by atoms with Gasteiger partial charge in [-0.25, -0.2) is 0 Å². The Hall–Kier alpha value is -2.78. The van der Waals surface area contributed by atoms with Crippen LogP contribution in [0.1, 0.15) is 16.7 Å². The van der Waals surface area contributed by atoms with E-state index in [4.69, 9.17) is 10.5 Å². The minimum Gasteiger partial charge on any atom is -0.377 e. The minimum atomic E-state index is 0.137. The number of anilines is 1. The molecule has 0 bridgehead atoms. The molecule has 0 radical (unpaired) electrons. The average molecular weight is 273 g/mol. The van der Waals surface area contributed by atoms with Crippen LogP contribution in [0.5, 0.6) is 0 Å². The summed E-state index contributed by atoms with van der Waals surface area (Å²) in [7, 11) is 4.03. The van der Waals surface area contributed by atoms with Crippen molar-refractivity contribution in [2.75, 3.05) is 19.0 Å². The fraction of sp³-hybridized carbons (Fsp3) is 0.222. The summed E-state index contributed by atoms with van der Waals surface area (Å²) in [5.41, 5.74) is 4.92. The second kappa shape index (κ2) is 4.96. The minimum absolute atomic E-state index is 0.137. The Morgan fingerprint density at radius 2 is 1.62 bits per heavy atom. The highest BCUT2D eigenvalue weighted by Crippen LogP contribution is 2.39. The van der Waals surface area contributed by atoms with E-state index >= 15 is 0 Å². The molecule has 3 nitrogen and oxygen atoms in total.